The van der Waals surface area contributed by atoms with Crippen LogP contribution in [-0.4, -0.2) is 18.8 Å². The Morgan fingerprint density at radius 2 is 2.00 bits per heavy atom. The first-order chi connectivity index (χ1) is 12.7. The summed E-state index contributed by atoms with van der Waals surface area (Å²) in [6.07, 6.45) is 14.5. The van der Waals surface area contributed by atoms with Crippen LogP contribution >= 0.6 is 15.9 Å². The fourth-order valence-electron chi connectivity index (χ4n) is 4.76. The molecule has 1 fully saturated rings. The lowest BCUT2D eigenvalue weighted by molar-refractivity contribution is -0.153. The van der Waals surface area contributed by atoms with Crippen LogP contribution < -0.4 is 4.74 Å². The maximum absolute atomic E-state index is 6.53. The molecule has 1 aromatic carbocycles. The fourth-order valence-corrected chi connectivity index (χ4v) is 5.14. The molecule has 4 atom stereocenters. The van der Waals surface area contributed by atoms with Gasteiger partial charge in [0.15, 0.2) is 0 Å². The van der Waals surface area contributed by atoms with Crippen LogP contribution in [-0.2, 0) is 4.74 Å². The quantitative estimate of drug-likeness (QED) is 0.474. The summed E-state index contributed by atoms with van der Waals surface area (Å²) in [7, 11) is 1.71. The lowest BCUT2D eigenvalue weighted by Crippen LogP contribution is -2.49. The highest BCUT2D eigenvalue weighted by Gasteiger charge is 2.48. The maximum Gasteiger partial charge on any atom is 0.119 e. The summed E-state index contributed by atoms with van der Waals surface area (Å²) in [6, 6.07) is 6.11. The van der Waals surface area contributed by atoms with Crippen LogP contribution in [0.5, 0.6) is 5.75 Å². The Kier molecular flexibility index (Phi) is 6.22. The third-order valence-electron chi connectivity index (χ3n) is 6.14. The maximum atomic E-state index is 6.53. The highest BCUT2D eigenvalue weighted by atomic mass is 79.9. The van der Waals surface area contributed by atoms with Gasteiger partial charge in [-0.15, -0.1) is 0 Å². The average Bonchev–Trinajstić information content (AvgIpc) is 2.60. The van der Waals surface area contributed by atoms with Crippen molar-refractivity contribution in [2.75, 3.05) is 7.11 Å². The topological polar surface area (TPSA) is 18.5 Å². The largest absolute Gasteiger partial charge is 0.497 e. The molecule has 0 amide bonds. The zero-order chi connectivity index (χ0) is 19.7. The summed E-state index contributed by atoms with van der Waals surface area (Å²) in [6.45, 7) is 8.97. The normalized spacial score (nSPS) is 31.1. The molecule has 0 aliphatic heterocycles. The van der Waals surface area contributed by atoms with E-state index in [-0.39, 0.29) is 11.0 Å². The van der Waals surface area contributed by atoms with E-state index in [1.165, 1.54) is 19.3 Å². The lowest BCUT2D eigenvalue weighted by atomic mass is 9.57. The Hall–Kier alpha value is -1.06. The third kappa shape index (κ3) is 4.68. The van der Waals surface area contributed by atoms with Crippen LogP contribution in [0.25, 0.3) is 6.08 Å². The molecule has 2 aliphatic carbocycles. The third-order valence-corrected chi connectivity index (χ3v) is 6.86. The van der Waals surface area contributed by atoms with Gasteiger partial charge in [0, 0.05) is 9.89 Å². The molecule has 1 aromatic rings. The van der Waals surface area contributed by atoms with Crippen LogP contribution in [0.15, 0.2) is 40.9 Å². The number of hydrogen-bond acceptors (Lipinski definition) is 2. The molecule has 0 unspecified atom stereocenters. The zero-order valence-electron chi connectivity index (χ0n) is 17.3. The average molecular weight is 433 g/mol. The molecule has 0 saturated heterocycles. The summed E-state index contributed by atoms with van der Waals surface area (Å²) < 4.78 is 13.0. The Morgan fingerprint density at radius 3 is 2.70 bits per heavy atom. The first-order valence-electron chi connectivity index (χ1n) is 10.1. The van der Waals surface area contributed by atoms with Crippen LogP contribution in [0.1, 0.15) is 58.9 Å². The van der Waals surface area contributed by atoms with E-state index in [2.05, 4.69) is 74.0 Å². The van der Waals surface area contributed by atoms with E-state index in [1.807, 2.05) is 12.1 Å². The molecular formula is C24H33BrO2. The summed E-state index contributed by atoms with van der Waals surface area (Å²) in [4.78, 5) is 0. The number of halogens is 1. The Balaban J connectivity index is 1.83. The van der Waals surface area contributed by atoms with Crippen LogP contribution in [0.4, 0.5) is 0 Å². The number of hydrogen-bond donors (Lipinski definition) is 0. The first-order valence-corrected chi connectivity index (χ1v) is 10.9. The summed E-state index contributed by atoms with van der Waals surface area (Å²) >= 11 is 3.66. The van der Waals surface area contributed by atoms with Crippen LogP contribution in [0, 0.1) is 17.3 Å². The molecule has 0 bridgehead atoms. The molecule has 2 aliphatic rings. The molecule has 0 aromatic heterocycles. The first kappa shape index (κ1) is 20.7. The van der Waals surface area contributed by atoms with Gasteiger partial charge in [-0.05, 0) is 75.6 Å². The standard InChI is InChI=1S/C24H33BrO2/c1-23(2,3)27-22-10-6-9-20-17(8-7-15-24(20,22)4)11-12-18-16-19(26-5)13-14-21(18)25/h7-8,11-14,16-17,20,22H,6,9-10,15H2,1-5H3/b12-11+/t17-,20+,22-,24+/m1/s1. The summed E-state index contributed by atoms with van der Waals surface area (Å²) in [5.74, 6) is 1.97. The summed E-state index contributed by atoms with van der Waals surface area (Å²) in [5.41, 5.74) is 1.28. The second kappa shape index (κ2) is 8.13. The van der Waals surface area contributed by atoms with E-state index in [0.29, 0.717) is 17.9 Å². The predicted molar refractivity (Wildman–Crippen MR) is 117 cm³/mol. The molecule has 3 rings (SSSR count). The highest BCUT2D eigenvalue weighted by molar-refractivity contribution is 9.10. The molecule has 2 nitrogen and oxygen atoms in total. The number of rotatable bonds is 4. The van der Waals surface area contributed by atoms with Gasteiger partial charge >= 0.3 is 0 Å². The SMILES string of the molecule is COc1ccc(Br)c(/C=C/[C@H]2C=CC[C@]3(C)[C@H](OC(C)(C)C)CCC[C@@H]23)c1. The molecule has 1 saturated carbocycles. The molecular weight excluding hydrogens is 400 g/mol. The van der Waals surface area contributed by atoms with Crippen LogP contribution in [0.3, 0.4) is 0 Å². The molecule has 0 spiro atoms. The molecule has 3 heteroatoms. The molecule has 27 heavy (non-hydrogen) atoms. The lowest BCUT2D eigenvalue weighted by Gasteiger charge is -2.52. The fraction of sp³-hybridized carbons (Fsp3) is 0.583. The second-order valence-electron chi connectivity index (χ2n) is 9.22. The van der Waals surface area contributed by atoms with Gasteiger partial charge in [0.05, 0.1) is 18.8 Å². The van der Waals surface area contributed by atoms with E-state index in [9.17, 15) is 0 Å². The molecule has 0 N–H and O–H groups in total. The Labute approximate surface area is 173 Å². The van der Waals surface area contributed by atoms with E-state index >= 15 is 0 Å². The number of allylic oxidation sites excluding steroid dienone is 3. The van der Waals surface area contributed by atoms with Gasteiger partial charge in [0.25, 0.3) is 0 Å². The smallest absolute Gasteiger partial charge is 0.119 e. The molecule has 0 heterocycles. The van der Waals surface area contributed by atoms with Crippen molar-refractivity contribution in [3.05, 3.63) is 46.5 Å². The van der Waals surface area contributed by atoms with Crippen molar-refractivity contribution in [1.82, 2.24) is 0 Å². The van der Waals surface area contributed by atoms with E-state index in [4.69, 9.17) is 9.47 Å². The van der Waals surface area contributed by atoms with Crippen molar-refractivity contribution in [1.29, 1.82) is 0 Å². The van der Waals surface area contributed by atoms with Gasteiger partial charge in [0.1, 0.15) is 5.75 Å². The van der Waals surface area contributed by atoms with E-state index < -0.39 is 0 Å². The monoisotopic (exact) mass is 432 g/mol. The summed E-state index contributed by atoms with van der Waals surface area (Å²) in [5, 5.41) is 0. The minimum absolute atomic E-state index is 0.0898. The van der Waals surface area contributed by atoms with Crippen molar-refractivity contribution in [2.24, 2.45) is 17.3 Å². The van der Waals surface area contributed by atoms with Gasteiger partial charge in [-0.1, -0.05) is 53.6 Å². The van der Waals surface area contributed by atoms with Crippen molar-refractivity contribution < 1.29 is 9.47 Å². The van der Waals surface area contributed by atoms with Crippen LogP contribution in [0.2, 0.25) is 0 Å². The van der Waals surface area contributed by atoms with Gasteiger partial charge in [-0.2, -0.15) is 0 Å². The van der Waals surface area contributed by atoms with E-state index in [1.54, 1.807) is 7.11 Å². The van der Waals surface area contributed by atoms with Gasteiger partial charge in [0.2, 0.25) is 0 Å². The molecule has 148 valence electrons. The minimum Gasteiger partial charge on any atom is -0.497 e. The minimum atomic E-state index is -0.0898. The number of benzene rings is 1. The van der Waals surface area contributed by atoms with Crippen molar-refractivity contribution in [3.63, 3.8) is 0 Å². The predicted octanol–water partition coefficient (Wildman–Crippen LogP) is 7.04. The zero-order valence-corrected chi connectivity index (χ0v) is 18.9. The van der Waals surface area contributed by atoms with Gasteiger partial charge in [-0.25, -0.2) is 0 Å². The number of ether oxygens (including phenoxy) is 2. The second-order valence-corrected chi connectivity index (χ2v) is 10.1. The number of fused-ring (bicyclic) bond motifs is 1. The molecule has 0 radical (unpaired) electrons. The highest BCUT2D eigenvalue weighted by Crippen LogP contribution is 2.52. The Morgan fingerprint density at radius 1 is 1.22 bits per heavy atom. The van der Waals surface area contributed by atoms with Crippen molar-refractivity contribution in [2.45, 2.75) is 65.1 Å². The van der Waals surface area contributed by atoms with Gasteiger partial charge in [-0.3, -0.25) is 0 Å². The van der Waals surface area contributed by atoms with Gasteiger partial charge < -0.3 is 9.47 Å². The number of methoxy groups -OCH3 is 1. The Bertz CT molecular complexity index is 716. The van der Waals surface area contributed by atoms with E-state index in [0.717, 1.165) is 22.2 Å². The van der Waals surface area contributed by atoms with Crippen molar-refractivity contribution in [3.8, 4) is 5.75 Å². The van der Waals surface area contributed by atoms with Crippen molar-refractivity contribution >= 4 is 22.0 Å².